The molecule has 0 fully saturated rings. The fraction of sp³-hybridized carbons (Fsp3) is 0.952. The van der Waals surface area contributed by atoms with Crippen molar-refractivity contribution in [2.24, 2.45) is 0 Å². The lowest BCUT2D eigenvalue weighted by molar-refractivity contribution is -0.140. The number of esters is 1. The van der Waals surface area contributed by atoms with Crippen molar-refractivity contribution in [2.45, 2.75) is 122 Å². The largest absolute Gasteiger partial charge is 0.469 e. The van der Waals surface area contributed by atoms with Crippen LogP contribution in [-0.2, 0) is 9.53 Å². The monoisotopic (exact) mass is 358 g/mol. The molecule has 0 aliphatic carbocycles. The maximum atomic E-state index is 11.0. The third kappa shape index (κ3) is 18.0. The molecule has 0 bridgehead atoms. The van der Waals surface area contributed by atoms with Crippen molar-refractivity contribution < 1.29 is 19.7 Å². The molecule has 150 valence electrons. The number of methoxy groups -OCH3 is 1. The Bertz CT molecular complexity index is 294. The van der Waals surface area contributed by atoms with Crippen LogP contribution >= 0.6 is 0 Å². The zero-order chi connectivity index (χ0) is 18.8. The highest BCUT2D eigenvalue weighted by Gasteiger charge is 2.09. The molecule has 0 amide bonds. The van der Waals surface area contributed by atoms with Gasteiger partial charge in [0.15, 0.2) is 0 Å². The highest BCUT2D eigenvalue weighted by atomic mass is 16.5. The summed E-state index contributed by atoms with van der Waals surface area (Å²) in [5.41, 5.74) is 0. The van der Waals surface area contributed by atoms with E-state index in [9.17, 15) is 15.0 Å². The van der Waals surface area contributed by atoms with Crippen LogP contribution in [0.15, 0.2) is 0 Å². The van der Waals surface area contributed by atoms with E-state index >= 15 is 0 Å². The van der Waals surface area contributed by atoms with Gasteiger partial charge in [-0.05, 0) is 32.1 Å². The summed E-state index contributed by atoms with van der Waals surface area (Å²) in [4.78, 5) is 11.0. The van der Waals surface area contributed by atoms with Crippen LogP contribution < -0.4 is 0 Å². The predicted octanol–water partition coefficient (Wildman–Crippen LogP) is 5.14. The van der Waals surface area contributed by atoms with Crippen molar-refractivity contribution in [2.75, 3.05) is 7.11 Å². The first-order chi connectivity index (χ1) is 12.1. The summed E-state index contributed by atoms with van der Waals surface area (Å²) < 4.78 is 4.61. The van der Waals surface area contributed by atoms with Crippen LogP contribution in [0.4, 0.5) is 0 Å². The molecule has 4 heteroatoms. The first-order valence-corrected chi connectivity index (χ1v) is 10.5. The Morgan fingerprint density at radius 2 is 1.16 bits per heavy atom. The second-order valence-corrected chi connectivity index (χ2v) is 7.32. The fourth-order valence-corrected chi connectivity index (χ4v) is 3.12. The van der Waals surface area contributed by atoms with Gasteiger partial charge in [0, 0.05) is 6.42 Å². The second kappa shape index (κ2) is 18.2. The van der Waals surface area contributed by atoms with Gasteiger partial charge in [0.1, 0.15) is 0 Å². The molecule has 2 N–H and O–H groups in total. The van der Waals surface area contributed by atoms with Crippen LogP contribution in [0.2, 0.25) is 0 Å². The lowest BCUT2D eigenvalue weighted by atomic mass is 10.00. The number of hydrogen-bond donors (Lipinski definition) is 2. The molecule has 0 aromatic carbocycles. The average molecular weight is 359 g/mol. The van der Waals surface area contributed by atoms with Gasteiger partial charge in [-0.15, -0.1) is 0 Å². The number of unbranched alkanes of at least 4 members (excludes halogenated alkanes) is 9. The number of carbonyl (C=O) groups is 1. The highest BCUT2D eigenvalue weighted by Crippen LogP contribution is 2.15. The molecule has 0 rings (SSSR count). The molecule has 0 aromatic rings. The number of carbonyl (C=O) groups excluding carboxylic acids is 1. The maximum Gasteiger partial charge on any atom is 0.305 e. The van der Waals surface area contributed by atoms with Gasteiger partial charge in [0.25, 0.3) is 0 Å². The van der Waals surface area contributed by atoms with Gasteiger partial charge in [0.05, 0.1) is 19.3 Å². The number of aliphatic hydroxyl groups is 2. The van der Waals surface area contributed by atoms with Gasteiger partial charge in [-0.2, -0.15) is 0 Å². The van der Waals surface area contributed by atoms with E-state index in [4.69, 9.17) is 0 Å². The molecule has 0 aromatic heterocycles. The van der Waals surface area contributed by atoms with E-state index in [2.05, 4.69) is 11.7 Å². The van der Waals surface area contributed by atoms with Gasteiger partial charge >= 0.3 is 5.97 Å². The lowest BCUT2D eigenvalue weighted by Gasteiger charge is -2.14. The standard InChI is InChI=1S/C21H42O4/c1-3-4-5-8-11-14-19(22)17-18-20(23)15-12-9-6-7-10-13-16-21(24)25-2/h19-20,22-23H,3-18H2,1-2H3/t19-,20-/m0/s1. The second-order valence-electron chi connectivity index (χ2n) is 7.32. The minimum Gasteiger partial charge on any atom is -0.469 e. The van der Waals surface area contributed by atoms with Gasteiger partial charge in [-0.25, -0.2) is 0 Å². The molecule has 0 radical (unpaired) electrons. The Kier molecular flexibility index (Phi) is 17.7. The topological polar surface area (TPSA) is 66.8 Å². The summed E-state index contributed by atoms with van der Waals surface area (Å²) in [5.74, 6) is -0.119. The molecular formula is C21H42O4. The Morgan fingerprint density at radius 1 is 0.720 bits per heavy atom. The van der Waals surface area contributed by atoms with E-state index in [0.29, 0.717) is 6.42 Å². The van der Waals surface area contributed by atoms with E-state index in [-0.39, 0.29) is 18.2 Å². The molecule has 25 heavy (non-hydrogen) atoms. The molecule has 0 aliphatic rings. The molecular weight excluding hydrogens is 316 g/mol. The Labute approximate surface area is 155 Å². The van der Waals surface area contributed by atoms with Gasteiger partial charge in [-0.3, -0.25) is 4.79 Å². The van der Waals surface area contributed by atoms with E-state index < -0.39 is 0 Å². The molecule has 0 saturated carbocycles. The summed E-state index contributed by atoms with van der Waals surface area (Å²) in [6.45, 7) is 2.21. The minimum atomic E-state index is -0.269. The summed E-state index contributed by atoms with van der Waals surface area (Å²) in [7, 11) is 1.43. The number of hydrogen-bond acceptors (Lipinski definition) is 4. The Hall–Kier alpha value is -0.610. The van der Waals surface area contributed by atoms with E-state index in [1.54, 1.807) is 0 Å². The van der Waals surface area contributed by atoms with E-state index in [1.807, 2.05) is 0 Å². The van der Waals surface area contributed by atoms with Crippen LogP contribution in [-0.4, -0.2) is 35.5 Å². The minimum absolute atomic E-state index is 0.119. The van der Waals surface area contributed by atoms with Crippen LogP contribution in [0.1, 0.15) is 110 Å². The molecule has 4 nitrogen and oxygen atoms in total. The number of aliphatic hydroxyl groups excluding tert-OH is 2. The van der Waals surface area contributed by atoms with Gasteiger partial charge < -0.3 is 14.9 Å². The average Bonchev–Trinajstić information content (AvgIpc) is 2.61. The van der Waals surface area contributed by atoms with E-state index in [0.717, 1.165) is 70.6 Å². The van der Waals surface area contributed by atoms with Crippen LogP contribution in [0.25, 0.3) is 0 Å². The molecule has 0 aliphatic heterocycles. The summed E-state index contributed by atoms with van der Waals surface area (Å²) in [6.07, 6.45) is 15.8. The maximum absolute atomic E-state index is 11.0. The zero-order valence-corrected chi connectivity index (χ0v) is 16.7. The van der Waals surface area contributed by atoms with Gasteiger partial charge in [0.2, 0.25) is 0 Å². The zero-order valence-electron chi connectivity index (χ0n) is 16.7. The highest BCUT2D eigenvalue weighted by molar-refractivity contribution is 5.68. The Morgan fingerprint density at radius 3 is 1.64 bits per heavy atom. The normalized spacial score (nSPS) is 13.6. The number of rotatable bonds is 18. The van der Waals surface area contributed by atoms with Crippen LogP contribution in [0, 0.1) is 0 Å². The predicted molar refractivity (Wildman–Crippen MR) is 104 cm³/mol. The van der Waals surface area contributed by atoms with Crippen molar-refractivity contribution >= 4 is 5.97 Å². The first-order valence-electron chi connectivity index (χ1n) is 10.5. The molecule has 0 spiro atoms. The summed E-state index contributed by atoms with van der Waals surface area (Å²) in [5, 5.41) is 20.0. The number of ether oxygens (including phenoxy) is 1. The third-order valence-electron chi connectivity index (χ3n) is 4.87. The molecule has 0 saturated heterocycles. The SMILES string of the molecule is CCCCCCC[C@H](O)CC[C@@H](O)CCCCCCCCC(=O)OC. The molecule has 0 unspecified atom stereocenters. The summed E-state index contributed by atoms with van der Waals surface area (Å²) >= 11 is 0. The van der Waals surface area contributed by atoms with Crippen molar-refractivity contribution in [1.29, 1.82) is 0 Å². The first kappa shape index (κ1) is 24.4. The van der Waals surface area contributed by atoms with Gasteiger partial charge in [-0.1, -0.05) is 71.1 Å². The van der Waals surface area contributed by atoms with E-state index in [1.165, 1.54) is 32.8 Å². The fourth-order valence-electron chi connectivity index (χ4n) is 3.12. The van der Waals surface area contributed by atoms with Crippen LogP contribution in [0.5, 0.6) is 0 Å². The third-order valence-corrected chi connectivity index (χ3v) is 4.87. The van der Waals surface area contributed by atoms with Crippen LogP contribution in [0.3, 0.4) is 0 Å². The van der Waals surface area contributed by atoms with Crippen molar-refractivity contribution in [3.8, 4) is 0 Å². The quantitative estimate of drug-likeness (QED) is 0.263. The van der Waals surface area contributed by atoms with Crippen molar-refractivity contribution in [3.63, 3.8) is 0 Å². The smallest absolute Gasteiger partial charge is 0.305 e. The molecule has 2 atom stereocenters. The molecule has 0 heterocycles. The Balaban J connectivity index is 3.34. The summed E-state index contributed by atoms with van der Waals surface area (Å²) in [6, 6.07) is 0. The van der Waals surface area contributed by atoms with Crippen molar-refractivity contribution in [3.05, 3.63) is 0 Å². The lowest BCUT2D eigenvalue weighted by Crippen LogP contribution is -2.13. The van der Waals surface area contributed by atoms with Crippen molar-refractivity contribution in [1.82, 2.24) is 0 Å².